The van der Waals surface area contributed by atoms with Gasteiger partial charge in [-0.2, -0.15) is 0 Å². The van der Waals surface area contributed by atoms with Gasteiger partial charge in [0.25, 0.3) is 5.56 Å². The molecule has 1 aromatic heterocycles. The maximum Gasteiger partial charge on any atom is 0.261 e. The number of methoxy groups -OCH3 is 2. The number of fused-ring (bicyclic) bond motifs is 1. The molecule has 1 aromatic carbocycles. The topological polar surface area (TPSA) is 112 Å². The van der Waals surface area contributed by atoms with E-state index in [0.717, 1.165) is 19.3 Å². The molecule has 0 aliphatic heterocycles. The van der Waals surface area contributed by atoms with Crippen LogP contribution < -0.4 is 25.7 Å². The molecule has 0 bridgehead atoms. The molecule has 2 aromatic rings. The van der Waals surface area contributed by atoms with E-state index in [2.05, 4.69) is 29.5 Å². The van der Waals surface area contributed by atoms with Crippen molar-refractivity contribution in [2.75, 3.05) is 20.8 Å². The number of nitrogens with one attached hydrogen (secondary N) is 2. The third-order valence-electron chi connectivity index (χ3n) is 5.14. The first kappa shape index (κ1) is 25.2. The van der Waals surface area contributed by atoms with E-state index in [-0.39, 0.29) is 42.9 Å². The van der Waals surface area contributed by atoms with Crippen LogP contribution in [0.2, 0.25) is 0 Å². The second-order valence-electron chi connectivity index (χ2n) is 8.30. The Labute approximate surface area is 188 Å². The first-order valence-corrected chi connectivity index (χ1v) is 10.9. The van der Waals surface area contributed by atoms with Gasteiger partial charge in [-0.3, -0.25) is 19.0 Å². The molecule has 0 saturated heterocycles. The van der Waals surface area contributed by atoms with Crippen molar-refractivity contribution in [1.29, 1.82) is 0 Å². The maximum atomic E-state index is 12.7. The minimum Gasteiger partial charge on any atom is -0.493 e. The van der Waals surface area contributed by atoms with Gasteiger partial charge in [-0.05, 0) is 25.3 Å². The number of amides is 2. The number of ether oxygens (including phenoxy) is 2. The standard InChI is InChI=1S/C23H34N4O5/c1-15(2)7-6-8-16(3)26-21(28)9-10-24-22(29)13-27-14-25-18-12-20(32-5)19(31-4)11-17(18)23(27)30/h11-12,14-16H,6-10,13H2,1-5H3,(H,24,29)(H,26,28). The average molecular weight is 447 g/mol. The van der Waals surface area contributed by atoms with E-state index in [1.165, 1.54) is 25.1 Å². The Morgan fingerprint density at radius 2 is 1.75 bits per heavy atom. The number of aromatic nitrogens is 2. The summed E-state index contributed by atoms with van der Waals surface area (Å²) in [5.41, 5.74) is 0.0857. The lowest BCUT2D eigenvalue weighted by atomic mass is 10.0. The summed E-state index contributed by atoms with van der Waals surface area (Å²) in [6.45, 7) is 6.36. The van der Waals surface area contributed by atoms with Crippen LogP contribution in [0, 0.1) is 5.92 Å². The second-order valence-corrected chi connectivity index (χ2v) is 8.30. The predicted molar refractivity (Wildman–Crippen MR) is 123 cm³/mol. The van der Waals surface area contributed by atoms with E-state index < -0.39 is 0 Å². The van der Waals surface area contributed by atoms with Gasteiger partial charge in [-0.25, -0.2) is 4.98 Å². The molecule has 176 valence electrons. The van der Waals surface area contributed by atoms with Crippen LogP contribution in [0.4, 0.5) is 0 Å². The summed E-state index contributed by atoms with van der Waals surface area (Å²) in [5.74, 6) is 1.06. The zero-order valence-electron chi connectivity index (χ0n) is 19.6. The number of benzene rings is 1. The third kappa shape index (κ3) is 7.25. The Morgan fingerprint density at radius 3 is 2.41 bits per heavy atom. The highest BCUT2D eigenvalue weighted by Gasteiger charge is 2.13. The SMILES string of the molecule is COc1cc2ncn(CC(=O)NCCC(=O)NC(C)CCCC(C)C)c(=O)c2cc1OC. The van der Waals surface area contributed by atoms with Crippen molar-refractivity contribution in [3.63, 3.8) is 0 Å². The zero-order chi connectivity index (χ0) is 23.7. The molecule has 0 saturated carbocycles. The summed E-state index contributed by atoms with van der Waals surface area (Å²) in [4.78, 5) is 41.3. The summed E-state index contributed by atoms with van der Waals surface area (Å²) in [6, 6.07) is 3.27. The highest BCUT2D eigenvalue weighted by Crippen LogP contribution is 2.29. The Morgan fingerprint density at radius 1 is 1.06 bits per heavy atom. The lowest BCUT2D eigenvalue weighted by Gasteiger charge is -2.15. The van der Waals surface area contributed by atoms with Crippen LogP contribution in [0.25, 0.3) is 10.9 Å². The van der Waals surface area contributed by atoms with Crippen molar-refractivity contribution < 1.29 is 19.1 Å². The molecule has 0 aliphatic carbocycles. The van der Waals surface area contributed by atoms with Crippen molar-refractivity contribution in [2.45, 2.75) is 59.0 Å². The van der Waals surface area contributed by atoms with Crippen molar-refractivity contribution in [1.82, 2.24) is 20.2 Å². The Balaban J connectivity index is 1.87. The van der Waals surface area contributed by atoms with Crippen LogP contribution in [0.1, 0.15) is 46.5 Å². The third-order valence-corrected chi connectivity index (χ3v) is 5.14. The molecule has 9 nitrogen and oxygen atoms in total. The molecule has 0 fully saturated rings. The number of nitrogens with zero attached hydrogens (tertiary/aromatic N) is 2. The largest absolute Gasteiger partial charge is 0.493 e. The Hall–Kier alpha value is -3.10. The fourth-order valence-electron chi connectivity index (χ4n) is 3.38. The van der Waals surface area contributed by atoms with Crippen LogP contribution >= 0.6 is 0 Å². The van der Waals surface area contributed by atoms with Gasteiger partial charge in [0.2, 0.25) is 11.8 Å². The van der Waals surface area contributed by atoms with Crippen molar-refractivity contribution in [2.24, 2.45) is 5.92 Å². The van der Waals surface area contributed by atoms with Crippen molar-refractivity contribution in [3.8, 4) is 11.5 Å². The molecule has 0 aliphatic rings. The van der Waals surface area contributed by atoms with Crippen LogP contribution in [0.3, 0.4) is 0 Å². The smallest absolute Gasteiger partial charge is 0.261 e. The average Bonchev–Trinajstić information content (AvgIpc) is 2.74. The van der Waals surface area contributed by atoms with E-state index in [1.54, 1.807) is 12.1 Å². The van der Waals surface area contributed by atoms with E-state index in [9.17, 15) is 14.4 Å². The highest BCUT2D eigenvalue weighted by molar-refractivity contribution is 5.82. The quantitative estimate of drug-likeness (QED) is 0.517. The van der Waals surface area contributed by atoms with Gasteiger partial charge in [0.05, 0.1) is 31.4 Å². The lowest BCUT2D eigenvalue weighted by molar-refractivity contribution is -0.123. The van der Waals surface area contributed by atoms with E-state index >= 15 is 0 Å². The Kier molecular flexibility index (Phi) is 9.49. The molecule has 1 heterocycles. The van der Waals surface area contributed by atoms with Gasteiger partial charge >= 0.3 is 0 Å². The molecule has 0 radical (unpaired) electrons. The molecule has 0 spiro atoms. The van der Waals surface area contributed by atoms with Gasteiger partial charge in [0.15, 0.2) is 11.5 Å². The lowest BCUT2D eigenvalue weighted by Crippen LogP contribution is -2.37. The van der Waals surface area contributed by atoms with Gasteiger partial charge < -0.3 is 20.1 Å². The van der Waals surface area contributed by atoms with E-state index in [4.69, 9.17) is 9.47 Å². The van der Waals surface area contributed by atoms with Crippen molar-refractivity contribution >= 4 is 22.7 Å². The van der Waals surface area contributed by atoms with E-state index in [0.29, 0.717) is 28.3 Å². The predicted octanol–water partition coefficient (Wildman–Crippen LogP) is 2.25. The number of carbonyl (C=O) groups is 2. The zero-order valence-corrected chi connectivity index (χ0v) is 19.6. The second kappa shape index (κ2) is 12.1. The van der Waals surface area contributed by atoms with Crippen LogP contribution in [0.15, 0.2) is 23.3 Å². The first-order valence-electron chi connectivity index (χ1n) is 10.9. The van der Waals surface area contributed by atoms with Crippen LogP contribution in [0.5, 0.6) is 11.5 Å². The van der Waals surface area contributed by atoms with Gasteiger partial charge in [-0.1, -0.05) is 26.7 Å². The minimum atomic E-state index is -0.369. The first-order chi connectivity index (χ1) is 15.2. The van der Waals surface area contributed by atoms with Gasteiger partial charge in [0.1, 0.15) is 6.54 Å². The minimum absolute atomic E-state index is 0.104. The van der Waals surface area contributed by atoms with Crippen molar-refractivity contribution in [3.05, 3.63) is 28.8 Å². The normalized spacial score (nSPS) is 11.9. The fraction of sp³-hybridized carbons (Fsp3) is 0.565. The molecule has 1 atom stereocenters. The molecular weight excluding hydrogens is 412 g/mol. The monoisotopic (exact) mass is 446 g/mol. The summed E-state index contributed by atoms with van der Waals surface area (Å²) in [5, 5.41) is 5.95. The number of hydrogen-bond acceptors (Lipinski definition) is 6. The molecule has 2 N–H and O–H groups in total. The molecule has 32 heavy (non-hydrogen) atoms. The van der Waals surface area contributed by atoms with Gasteiger partial charge in [-0.15, -0.1) is 0 Å². The molecule has 2 amide bonds. The highest BCUT2D eigenvalue weighted by atomic mass is 16.5. The molecule has 1 unspecified atom stereocenters. The van der Waals surface area contributed by atoms with Gasteiger partial charge in [0, 0.05) is 25.1 Å². The summed E-state index contributed by atoms with van der Waals surface area (Å²) in [6.07, 6.45) is 4.65. The van der Waals surface area contributed by atoms with Crippen LogP contribution in [-0.2, 0) is 16.1 Å². The van der Waals surface area contributed by atoms with Crippen LogP contribution in [-0.4, -0.2) is 48.2 Å². The maximum absolute atomic E-state index is 12.7. The fourth-order valence-corrected chi connectivity index (χ4v) is 3.38. The number of carbonyl (C=O) groups excluding carboxylic acids is 2. The van der Waals surface area contributed by atoms with E-state index in [1.807, 2.05) is 6.92 Å². The molecule has 9 heteroatoms. The molecule has 2 rings (SSSR count). The summed E-state index contributed by atoms with van der Waals surface area (Å²) >= 11 is 0. The Bertz CT molecular complexity index is 986. The summed E-state index contributed by atoms with van der Waals surface area (Å²) in [7, 11) is 2.98. The number of hydrogen-bond donors (Lipinski definition) is 2. The molecular formula is C23H34N4O5. The number of rotatable bonds is 12. The summed E-state index contributed by atoms with van der Waals surface area (Å²) < 4.78 is 11.7.